The Balaban J connectivity index is 2.03. The van der Waals surface area contributed by atoms with Crippen molar-refractivity contribution in [1.82, 2.24) is 10.2 Å². The highest BCUT2D eigenvalue weighted by Crippen LogP contribution is 2.10. The summed E-state index contributed by atoms with van der Waals surface area (Å²) in [6.45, 7) is 4.17. The third-order valence-electron chi connectivity index (χ3n) is 3.31. The van der Waals surface area contributed by atoms with Crippen LogP contribution in [0.4, 0.5) is 0 Å². The standard InChI is InChI=1S/C14H26N2O5/c1-3-4-5-20-6-7-21-10-11(17)9-15-12-8-13(18)16(2)14(12)19/h11-12,15,17H,3-10H2,1-2H3. The first-order chi connectivity index (χ1) is 10.1. The third-order valence-corrected chi connectivity index (χ3v) is 3.31. The van der Waals surface area contributed by atoms with E-state index in [0.29, 0.717) is 13.2 Å². The van der Waals surface area contributed by atoms with Gasteiger partial charge < -0.3 is 19.9 Å². The zero-order valence-corrected chi connectivity index (χ0v) is 12.8. The first kappa shape index (κ1) is 18.0. The van der Waals surface area contributed by atoms with Gasteiger partial charge in [0.05, 0.1) is 38.4 Å². The third kappa shape index (κ3) is 6.52. The molecule has 2 amide bonds. The van der Waals surface area contributed by atoms with Gasteiger partial charge in [-0.15, -0.1) is 0 Å². The van der Waals surface area contributed by atoms with Crippen LogP contribution >= 0.6 is 0 Å². The Bertz CT molecular complexity index is 337. The van der Waals surface area contributed by atoms with E-state index in [1.165, 1.54) is 7.05 Å². The number of likely N-dealkylation sites (N-methyl/N-ethyl adjacent to an activating group) is 1. The Kier molecular flexibility index (Phi) is 8.44. The minimum atomic E-state index is -0.713. The molecule has 7 heteroatoms. The lowest BCUT2D eigenvalue weighted by Crippen LogP contribution is -2.42. The van der Waals surface area contributed by atoms with Crippen LogP contribution < -0.4 is 5.32 Å². The highest BCUT2D eigenvalue weighted by atomic mass is 16.5. The van der Waals surface area contributed by atoms with Gasteiger partial charge in [-0.25, -0.2) is 0 Å². The maximum Gasteiger partial charge on any atom is 0.246 e. The number of imide groups is 1. The quantitative estimate of drug-likeness (QED) is 0.396. The van der Waals surface area contributed by atoms with Gasteiger partial charge in [-0.05, 0) is 6.42 Å². The molecule has 21 heavy (non-hydrogen) atoms. The normalized spacial score (nSPS) is 20.3. The van der Waals surface area contributed by atoms with Crippen molar-refractivity contribution in [1.29, 1.82) is 0 Å². The van der Waals surface area contributed by atoms with Crippen LogP contribution in [-0.2, 0) is 19.1 Å². The second kappa shape index (κ2) is 9.83. The number of unbranched alkanes of at least 4 members (excludes halogenated alkanes) is 1. The number of ether oxygens (including phenoxy) is 2. The molecule has 7 nitrogen and oxygen atoms in total. The van der Waals surface area contributed by atoms with Crippen molar-refractivity contribution >= 4 is 11.8 Å². The van der Waals surface area contributed by atoms with Crippen molar-refractivity contribution in [2.75, 3.05) is 40.0 Å². The molecular weight excluding hydrogens is 276 g/mol. The summed E-state index contributed by atoms with van der Waals surface area (Å²) in [7, 11) is 1.46. The number of likely N-dealkylation sites (tertiary alicyclic amines) is 1. The lowest BCUT2D eigenvalue weighted by Gasteiger charge is -2.15. The molecule has 0 aromatic rings. The number of nitrogens with zero attached hydrogens (tertiary/aromatic N) is 1. The minimum Gasteiger partial charge on any atom is -0.389 e. The Morgan fingerprint density at radius 1 is 1.33 bits per heavy atom. The molecule has 0 aromatic heterocycles. The second-order valence-corrected chi connectivity index (χ2v) is 5.15. The van der Waals surface area contributed by atoms with Crippen LogP contribution in [0.3, 0.4) is 0 Å². The Morgan fingerprint density at radius 3 is 2.67 bits per heavy atom. The number of rotatable bonds is 11. The Hall–Kier alpha value is -1.02. The molecule has 1 fully saturated rings. The van der Waals surface area contributed by atoms with Crippen molar-refractivity contribution in [3.8, 4) is 0 Å². The Morgan fingerprint density at radius 2 is 2.05 bits per heavy atom. The number of carbonyl (C=O) groups is 2. The van der Waals surface area contributed by atoms with E-state index in [4.69, 9.17) is 9.47 Å². The highest BCUT2D eigenvalue weighted by molar-refractivity contribution is 6.05. The predicted molar refractivity (Wildman–Crippen MR) is 76.7 cm³/mol. The summed E-state index contributed by atoms with van der Waals surface area (Å²) >= 11 is 0. The van der Waals surface area contributed by atoms with Gasteiger partial charge in [0, 0.05) is 20.2 Å². The van der Waals surface area contributed by atoms with E-state index >= 15 is 0 Å². The van der Waals surface area contributed by atoms with Crippen LogP contribution in [0.15, 0.2) is 0 Å². The van der Waals surface area contributed by atoms with E-state index in [1.54, 1.807) is 0 Å². The van der Waals surface area contributed by atoms with Gasteiger partial charge in [-0.2, -0.15) is 0 Å². The topological polar surface area (TPSA) is 88.1 Å². The van der Waals surface area contributed by atoms with E-state index in [-0.39, 0.29) is 31.4 Å². The molecule has 1 aliphatic rings. The van der Waals surface area contributed by atoms with Gasteiger partial charge in [0.15, 0.2) is 0 Å². The summed E-state index contributed by atoms with van der Waals surface area (Å²) in [5.74, 6) is -0.454. The van der Waals surface area contributed by atoms with Gasteiger partial charge in [-0.1, -0.05) is 13.3 Å². The molecule has 1 heterocycles. The largest absolute Gasteiger partial charge is 0.389 e. The summed E-state index contributed by atoms with van der Waals surface area (Å²) in [6.07, 6.45) is 1.57. The summed E-state index contributed by atoms with van der Waals surface area (Å²) in [5, 5.41) is 12.6. The molecule has 0 saturated carbocycles. The fourth-order valence-corrected chi connectivity index (χ4v) is 1.94. The van der Waals surface area contributed by atoms with Crippen molar-refractivity contribution in [2.45, 2.75) is 38.3 Å². The number of carbonyl (C=O) groups excluding carboxylic acids is 2. The molecule has 1 rings (SSSR count). The van der Waals surface area contributed by atoms with Crippen LogP contribution in [0.5, 0.6) is 0 Å². The molecule has 1 saturated heterocycles. The summed E-state index contributed by atoms with van der Waals surface area (Å²) in [5.41, 5.74) is 0. The van der Waals surface area contributed by atoms with Crippen molar-refractivity contribution < 1.29 is 24.2 Å². The SMILES string of the molecule is CCCCOCCOCC(O)CNC1CC(=O)N(C)C1=O. The summed E-state index contributed by atoms with van der Waals surface area (Å²) < 4.78 is 10.6. The van der Waals surface area contributed by atoms with Crippen molar-refractivity contribution in [3.05, 3.63) is 0 Å². The Labute approximate surface area is 125 Å². The average molecular weight is 302 g/mol. The number of aliphatic hydroxyl groups is 1. The van der Waals surface area contributed by atoms with Crippen molar-refractivity contribution in [3.63, 3.8) is 0 Å². The van der Waals surface area contributed by atoms with E-state index in [2.05, 4.69) is 12.2 Å². The molecule has 0 aliphatic carbocycles. The number of amides is 2. The monoisotopic (exact) mass is 302 g/mol. The zero-order valence-electron chi connectivity index (χ0n) is 12.8. The van der Waals surface area contributed by atoms with E-state index in [9.17, 15) is 14.7 Å². The molecule has 0 radical (unpaired) electrons. The molecule has 2 atom stereocenters. The number of hydrogen-bond acceptors (Lipinski definition) is 6. The van der Waals surface area contributed by atoms with Gasteiger partial charge in [-0.3, -0.25) is 14.5 Å². The molecule has 2 N–H and O–H groups in total. The molecule has 0 aromatic carbocycles. The highest BCUT2D eigenvalue weighted by Gasteiger charge is 2.35. The molecule has 0 spiro atoms. The smallest absolute Gasteiger partial charge is 0.246 e. The first-order valence-electron chi connectivity index (χ1n) is 7.43. The summed E-state index contributed by atoms with van der Waals surface area (Å²) in [6, 6.07) is -0.533. The van der Waals surface area contributed by atoms with Crippen LogP contribution in [0.2, 0.25) is 0 Å². The first-order valence-corrected chi connectivity index (χ1v) is 7.43. The number of hydrogen-bond donors (Lipinski definition) is 2. The predicted octanol–water partition coefficient (Wildman–Crippen LogP) is -0.472. The minimum absolute atomic E-state index is 0.147. The fraction of sp³-hybridized carbons (Fsp3) is 0.857. The molecular formula is C14H26N2O5. The van der Waals surface area contributed by atoms with Gasteiger partial charge in [0.2, 0.25) is 11.8 Å². The molecule has 0 bridgehead atoms. The lowest BCUT2D eigenvalue weighted by molar-refractivity contribution is -0.137. The fourth-order valence-electron chi connectivity index (χ4n) is 1.94. The van der Waals surface area contributed by atoms with Gasteiger partial charge >= 0.3 is 0 Å². The van der Waals surface area contributed by atoms with E-state index in [0.717, 1.165) is 24.3 Å². The van der Waals surface area contributed by atoms with E-state index in [1.807, 2.05) is 0 Å². The second-order valence-electron chi connectivity index (χ2n) is 5.15. The summed E-state index contributed by atoms with van der Waals surface area (Å²) in [4.78, 5) is 24.1. The number of aliphatic hydroxyl groups excluding tert-OH is 1. The molecule has 1 aliphatic heterocycles. The molecule has 2 unspecified atom stereocenters. The van der Waals surface area contributed by atoms with Crippen LogP contribution in [0, 0.1) is 0 Å². The van der Waals surface area contributed by atoms with Crippen molar-refractivity contribution in [2.24, 2.45) is 0 Å². The lowest BCUT2D eigenvalue weighted by atomic mass is 10.2. The maximum absolute atomic E-state index is 11.6. The van der Waals surface area contributed by atoms with Crippen LogP contribution in [0.25, 0.3) is 0 Å². The van der Waals surface area contributed by atoms with Gasteiger partial charge in [0.1, 0.15) is 0 Å². The molecule has 122 valence electrons. The number of nitrogens with one attached hydrogen (secondary N) is 1. The zero-order chi connectivity index (χ0) is 15.7. The van der Waals surface area contributed by atoms with Crippen LogP contribution in [-0.4, -0.2) is 74.0 Å². The van der Waals surface area contributed by atoms with E-state index < -0.39 is 12.1 Å². The van der Waals surface area contributed by atoms with Crippen LogP contribution in [0.1, 0.15) is 26.2 Å². The average Bonchev–Trinajstić information content (AvgIpc) is 2.71. The maximum atomic E-state index is 11.6. The van der Waals surface area contributed by atoms with Gasteiger partial charge in [0.25, 0.3) is 0 Å².